The number of anilines is 1. The van der Waals surface area contributed by atoms with Gasteiger partial charge in [0, 0.05) is 37.4 Å². The Morgan fingerprint density at radius 3 is 2.75 bits per heavy atom. The van der Waals surface area contributed by atoms with Crippen molar-refractivity contribution in [2.75, 3.05) is 24.6 Å². The van der Waals surface area contributed by atoms with Crippen molar-refractivity contribution in [3.63, 3.8) is 0 Å². The summed E-state index contributed by atoms with van der Waals surface area (Å²) in [5.74, 6) is -1.11. The fraction of sp³-hybridized carbons (Fsp3) is 0.400. The Morgan fingerprint density at radius 2 is 2.12 bits per heavy atom. The van der Waals surface area contributed by atoms with Gasteiger partial charge in [0.2, 0.25) is 10.6 Å². The summed E-state index contributed by atoms with van der Waals surface area (Å²) >= 11 is 1.04. The maximum absolute atomic E-state index is 12.8. The third-order valence-electron chi connectivity index (χ3n) is 5.32. The van der Waals surface area contributed by atoms with Crippen molar-refractivity contribution >= 4 is 40.1 Å². The minimum absolute atomic E-state index is 0.0644. The Labute approximate surface area is 186 Å². The van der Waals surface area contributed by atoms with Gasteiger partial charge in [-0.3, -0.25) is 14.2 Å². The van der Waals surface area contributed by atoms with Crippen LogP contribution in [-0.4, -0.2) is 66.9 Å². The van der Waals surface area contributed by atoms with E-state index in [9.17, 15) is 24.6 Å². The topological polar surface area (TPSA) is 148 Å². The number of aliphatic hydroxyl groups is 1. The first kappa shape index (κ1) is 22.0. The molecule has 168 valence electrons. The normalized spacial score (nSPS) is 15.0. The van der Waals surface area contributed by atoms with Crippen LogP contribution in [0.4, 0.5) is 5.82 Å². The molecule has 1 fully saturated rings. The number of nitrogens with zero attached hydrogens (tertiary/aromatic N) is 5. The fourth-order valence-electron chi connectivity index (χ4n) is 3.67. The number of aryl methyl sites for hydroxylation is 1. The number of aromatic nitrogens is 4. The van der Waals surface area contributed by atoms with E-state index in [1.54, 1.807) is 19.9 Å². The molecule has 32 heavy (non-hydrogen) atoms. The second-order valence-corrected chi connectivity index (χ2v) is 8.21. The molecule has 0 aromatic carbocycles. The largest absolute Gasteiger partial charge is 0.477 e. The molecule has 0 spiro atoms. The summed E-state index contributed by atoms with van der Waals surface area (Å²) in [7, 11) is 0. The highest BCUT2D eigenvalue weighted by Gasteiger charge is 2.34. The van der Waals surface area contributed by atoms with Crippen molar-refractivity contribution in [3.05, 3.63) is 39.9 Å². The molecule has 3 aromatic rings. The number of Topliss-reactive ketones (excluding diaryl/α,β-unsaturated/α-hetero) is 1. The molecule has 0 radical (unpaired) electrons. The van der Waals surface area contributed by atoms with Crippen LogP contribution >= 0.6 is 11.5 Å². The van der Waals surface area contributed by atoms with Crippen LogP contribution in [0.2, 0.25) is 0 Å². The molecule has 1 aliphatic heterocycles. The Hall–Kier alpha value is -3.22. The van der Waals surface area contributed by atoms with E-state index in [0.29, 0.717) is 36.2 Å². The minimum atomic E-state index is -1.34. The minimum Gasteiger partial charge on any atom is -0.477 e. The third-order valence-corrected chi connectivity index (χ3v) is 5.99. The molecule has 1 aliphatic rings. The molecule has 0 amide bonds. The van der Waals surface area contributed by atoms with Gasteiger partial charge in [-0.05, 0) is 25.5 Å². The Morgan fingerprint density at radius 1 is 1.38 bits per heavy atom. The average molecular weight is 459 g/mol. The van der Waals surface area contributed by atoms with Crippen molar-refractivity contribution in [2.24, 2.45) is 5.92 Å². The monoisotopic (exact) mass is 459 g/mol. The van der Waals surface area contributed by atoms with Gasteiger partial charge in [0.25, 0.3) is 0 Å². The van der Waals surface area contributed by atoms with Crippen LogP contribution < -0.4 is 10.3 Å². The van der Waals surface area contributed by atoms with Gasteiger partial charge in [-0.25, -0.2) is 14.8 Å². The number of pyridine rings is 2. The van der Waals surface area contributed by atoms with Gasteiger partial charge in [-0.15, -0.1) is 0 Å². The highest BCUT2D eigenvalue weighted by Crippen LogP contribution is 2.29. The predicted octanol–water partition coefficient (Wildman–Crippen LogP) is 0.994. The summed E-state index contributed by atoms with van der Waals surface area (Å²) in [6.45, 7) is 4.63. The molecule has 11 nitrogen and oxygen atoms in total. The lowest BCUT2D eigenvalue weighted by Crippen LogP contribution is -2.51. The van der Waals surface area contributed by atoms with Gasteiger partial charge >= 0.3 is 5.97 Å². The van der Waals surface area contributed by atoms with E-state index in [2.05, 4.69) is 14.3 Å². The Kier molecular flexibility index (Phi) is 6.00. The van der Waals surface area contributed by atoms with Crippen LogP contribution in [0.15, 0.2) is 23.4 Å². The highest BCUT2D eigenvalue weighted by atomic mass is 32.1. The van der Waals surface area contributed by atoms with Gasteiger partial charge < -0.3 is 19.8 Å². The lowest BCUT2D eigenvalue weighted by atomic mass is 9.93. The van der Waals surface area contributed by atoms with Gasteiger partial charge in [-0.1, -0.05) is 0 Å². The van der Waals surface area contributed by atoms with Gasteiger partial charge in [0.05, 0.1) is 17.7 Å². The summed E-state index contributed by atoms with van der Waals surface area (Å²) < 4.78 is 10.4. The molecule has 3 aromatic heterocycles. The van der Waals surface area contributed by atoms with Crippen LogP contribution in [0, 0.1) is 12.8 Å². The molecular weight excluding hydrogens is 438 g/mol. The summed E-state index contributed by atoms with van der Waals surface area (Å²) in [6.07, 6.45) is 1.38. The fourth-order valence-corrected chi connectivity index (χ4v) is 4.18. The molecule has 0 aliphatic carbocycles. The van der Waals surface area contributed by atoms with E-state index in [0.717, 1.165) is 11.5 Å². The molecule has 0 bridgehead atoms. The van der Waals surface area contributed by atoms with Gasteiger partial charge in [-0.2, -0.15) is 4.37 Å². The van der Waals surface area contributed by atoms with Crippen LogP contribution in [0.5, 0.6) is 0 Å². The van der Waals surface area contributed by atoms with Gasteiger partial charge in [0.15, 0.2) is 11.9 Å². The number of fused-ring (bicyclic) bond motifs is 1. The maximum atomic E-state index is 12.8. The van der Waals surface area contributed by atoms with Crippen molar-refractivity contribution in [2.45, 2.75) is 26.6 Å². The van der Waals surface area contributed by atoms with Crippen LogP contribution in [0.25, 0.3) is 16.2 Å². The molecule has 2 N–H and O–H groups in total. The van der Waals surface area contributed by atoms with E-state index in [4.69, 9.17) is 4.74 Å². The second-order valence-electron chi connectivity index (χ2n) is 7.45. The van der Waals surface area contributed by atoms with E-state index >= 15 is 0 Å². The van der Waals surface area contributed by atoms with Crippen molar-refractivity contribution in [1.82, 2.24) is 18.9 Å². The molecule has 4 heterocycles. The number of carboxylic acids is 1. The zero-order valence-corrected chi connectivity index (χ0v) is 18.2. The number of carbonyl (C=O) groups is 2. The van der Waals surface area contributed by atoms with Crippen LogP contribution in [0.3, 0.4) is 0 Å². The van der Waals surface area contributed by atoms with E-state index in [1.807, 2.05) is 4.90 Å². The SMILES string of the molecule is CCOC(O)CC(=O)C1CN(c2cc(C)c3c(=O)c(C(=O)O)cn(-c4ncns4)c3n2)C1. The number of rotatable bonds is 8. The van der Waals surface area contributed by atoms with Crippen molar-refractivity contribution < 1.29 is 24.5 Å². The zero-order valence-electron chi connectivity index (χ0n) is 17.4. The Bertz CT molecular complexity index is 1240. The summed E-state index contributed by atoms with van der Waals surface area (Å²) in [6, 6.07) is 1.70. The molecule has 1 saturated heterocycles. The van der Waals surface area contributed by atoms with Crippen molar-refractivity contribution in [1.29, 1.82) is 0 Å². The van der Waals surface area contributed by atoms with E-state index in [1.165, 1.54) is 17.1 Å². The number of carbonyl (C=O) groups excluding carboxylic acids is 1. The lowest BCUT2D eigenvalue weighted by Gasteiger charge is -2.39. The molecular formula is C20H21N5O6S. The number of aromatic carboxylic acids is 1. The smallest absolute Gasteiger partial charge is 0.341 e. The summed E-state index contributed by atoms with van der Waals surface area (Å²) in [5, 5.41) is 19.7. The zero-order chi connectivity index (χ0) is 23.0. The number of hydrogen-bond donors (Lipinski definition) is 2. The van der Waals surface area contributed by atoms with Crippen molar-refractivity contribution in [3.8, 4) is 5.13 Å². The number of aliphatic hydroxyl groups excluding tert-OH is 1. The highest BCUT2D eigenvalue weighted by molar-refractivity contribution is 7.08. The number of hydrogen-bond acceptors (Lipinski definition) is 10. The predicted molar refractivity (Wildman–Crippen MR) is 115 cm³/mol. The van der Waals surface area contributed by atoms with E-state index < -0.39 is 17.7 Å². The van der Waals surface area contributed by atoms with Gasteiger partial charge in [0.1, 0.15) is 23.5 Å². The molecule has 1 unspecified atom stereocenters. The second kappa shape index (κ2) is 8.73. The summed E-state index contributed by atoms with van der Waals surface area (Å²) in [4.78, 5) is 47.4. The molecule has 12 heteroatoms. The Balaban J connectivity index is 1.68. The first-order chi connectivity index (χ1) is 15.3. The average Bonchev–Trinajstić information content (AvgIpc) is 3.21. The quantitative estimate of drug-likeness (QED) is 0.467. The van der Waals surface area contributed by atoms with Crippen LogP contribution in [-0.2, 0) is 9.53 Å². The third kappa shape index (κ3) is 3.99. The van der Waals surface area contributed by atoms with E-state index in [-0.39, 0.29) is 34.7 Å². The summed E-state index contributed by atoms with van der Waals surface area (Å²) in [5.41, 5.74) is -0.162. The maximum Gasteiger partial charge on any atom is 0.341 e. The molecule has 0 saturated carbocycles. The first-order valence-electron chi connectivity index (χ1n) is 9.94. The number of ether oxygens (including phenoxy) is 1. The molecule has 4 rings (SSSR count). The number of ketones is 1. The van der Waals surface area contributed by atoms with Crippen LogP contribution in [0.1, 0.15) is 29.3 Å². The first-order valence-corrected chi connectivity index (χ1v) is 10.7. The lowest BCUT2D eigenvalue weighted by molar-refractivity contribution is -0.139. The molecule has 1 atom stereocenters. The number of carboxylic acid groups (broad SMARTS) is 1. The standard InChI is InChI=1S/C20H21N5O6S/c1-3-31-15(27)5-13(26)11-6-24(7-11)14-4-10(2)16-17(28)12(19(29)30)8-25(18(16)23-14)20-21-9-22-32-20/h4,8-9,11,15,27H,3,5-7H2,1-2H3,(H,29,30).